The molecule has 138 valence electrons. The van der Waals surface area contributed by atoms with E-state index in [2.05, 4.69) is 10.1 Å². The van der Waals surface area contributed by atoms with Crippen LogP contribution in [0.4, 0.5) is 10.2 Å². The van der Waals surface area contributed by atoms with Crippen molar-refractivity contribution in [2.45, 2.75) is 26.8 Å². The summed E-state index contributed by atoms with van der Waals surface area (Å²) in [6.07, 6.45) is 1.11. The summed E-state index contributed by atoms with van der Waals surface area (Å²) in [6, 6.07) is 13.1. The Hall–Kier alpha value is -3.02. The van der Waals surface area contributed by atoms with Gasteiger partial charge in [-0.15, -0.1) is 0 Å². The molecular formula is C21H21FN4O. The topological polar surface area (TPSA) is 51.0 Å². The Morgan fingerprint density at radius 2 is 1.81 bits per heavy atom. The highest BCUT2D eigenvalue weighted by Crippen LogP contribution is 2.25. The molecule has 1 aromatic carbocycles. The van der Waals surface area contributed by atoms with Crippen molar-refractivity contribution >= 4 is 5.82 Å². The number of hydrogen-bond donors (Lipinski definition) is 0. The van der Waals surface area contributed by atoms with Crippen LogP contribution >= 0.6 is 0 Å². The van der Waals surface area contributed by atoms with Crippen molar-refractivity contribution < 1.29 is 4.39 Å². The van der Waals surface area contributed by atoms with E-state index in [9.17, 15) is 9.18 Å². The molecule has 3 heterocycles. The van der Waals surface area contributed by atoms with E-state index >= 15 is 0 Å². The highest BCUT2D eigenvalue weighted by molar-refractivity contribution is 5.61. The second kappa shape index (κ2) is 6.95. The van der Waals surface area contributed by atoms with Crippen LogP contribution in [0.15, 0.2) is 47.3 Å². The zero-order valence-corrected chi connectivity index (χ0v) is 15.4. The molecule has 6 heteroatoms. The molecular weight excluding hydrogens is 343 g/mol. The first-order valence-corrected chi connectivity index (χ1v) is 9.07. The second-order valence-corrected chi connectivity index (χ2v) is 7.01. The summed E-state index contributed by atoms with van der Waals surface area (Å²) < 4.78 is 16.0. The predicted octanol–water partition coefficient (Wildman–Crippen LogP) is 3.32. The van der Waals surface area contributed by atoms with Gasteiger partial charge < -0.3 is 4.90 Å². The van der Waals surface area contributed by atoms with Crippen LogP contribution in [0.2, 0.25) is 0 Å². The fourth-order valence-electron chi connectivity index (χ4n) is 3.12. The third-order valence-corrected chi connectivity index (χ3v) is 4.90. The van der Waals surface area contributed by atoms with Crippen molar-refractivity contribution in [3.63, 3.8) is 0 Å². The molecule has 0 bridgehead atoms. The Morgan fingerprint density at radius 1 is 1.07 bits per heavy atom. The maximum absolute atomic E-state index is 14.6. The molecule has 0 N–H and O–H groups in total. The van der Waals surface area contributed by atoms with E-state index in [1.165, 1.54) is 4.68 Å². The Balaban J connectivity index is 1.70. The lowest BCUT2D eigenvalue weighted by molar-refractivity contribution is 0.563. The zero-order valence-electron chi connectivity index (χ0n) is 15.4. The predicted molar refractivity (Wildman–Crippen MR) is 104 cm³/mol. The number of benzene rings is 1. The minimum atomic E-state index is -0.563. The first kappa shape index (κ1) is 17.4. The maximum Gasteiger partial charge on any atom is 0.270 e. The molecule has 3 aromatic rings. The first-order valence-electron chi connectivity index (χ1n) is 9.07. The third kappa shape index (κ3) is 3.47. The average Bonchev–Trinajstić information content (AvgIpc) is 2.59. The van der Waals surface area contributed by atoms with Gasteiger partial charge in [0.2, 0.25) is 5.95 Å². The van der Waals surface area contributed by atoms with Gasteiger partial charge in [0.1, 0.15) is 5.82 Å². The van der Waals surface area contributed by atoms with Gasteiger partial charge in [-0.3, -0.25) is 4.79 Å². The summed E-state index contributed by atoms with van der Waals surface area (Å²) in [5, 5.41) is 4.40. The molecule has 1 fully saturated rings. The Kier molecular flexibility index (Phi) is 4.48. The molecule has 27 heavy (non-hydrogen) atoms. The van der Waals surface area contributed by atoms with E-state index in [-0.39, 0.29) is 5.56 Å². The molecule has 0 atom stereocenters. The normalized spacial score (nSPS) is 13.5. The first-order chi connectivity index (χ1) is 13.0. The molecule has 0 amide bonds. The summed E-state index contributed by atoms with van der Waals surface area (Å²) in [4.78, 5) is 18.6. The average molecular weight is 364 g/mol. The maximum atomic E-state index is 14.6. The molecule has 1 aliphatic heterocycles. The number of nitrogens with zero attached hydrogens (tertiary/aromatic N) is 4. The van der Waals surface area contributed by atoms with Gasteiger partial charge in [-0.25, -0.2) is 9.67 Å². The summed E-state index contributed by atoms with van der Waals surface area (Å²) in [6.45, 7) is 5.89. The van der Waals surface area contributed by atoms with Gasteiger partial charge in [-0.05, 0) is 44.0 Å². The fraction of sp³-hybridized carbons (Fsp3) is 0.286. The van der Waals surface area contributed by atoms with Gasteiger partial charge in [0.25, 0.3) is 5.56 Å². The quantitative estimate of drug-likeness (QED) is 0.667. The van der Waals surface area contributed by atoms with E-state index < -0.39 is 5.95 Å². The van der Waals surface area contributed by atoms with Crippen molar-refractivity contribution in [3.8, 4) is 11.3 Å². The molecule has 0 unspecified atom stereocenters. The summed E-state index contributed by atoms with van der Waals surface area (Å²) in [7, 11) is 0. The van der Waals surface area contributed by atoms with Gasteiger partial charge in [0.15, 0.2) is 0 Å². The number of hydrogen-bond acceptors (Lipinski definition) is 4. The van der Waals surface area contributed by atoms with Crippen LogP contribution in [-0.2, 0) is 6.54 Å². The number of pyridine rings is 1. The van der Waals surface area contributed by atoms with Gasteiger partial charge in [-0.2, -0.15) is 9.49 Å². The van der Waals surface area contributed by atoms with Gasteiger partial charge >= 0.3 is 0 Å². The third-order valence-electron chi connectivity index (χ3n) is 4.90. The van der Waals surface area contributed by atoms with E-state index in [0.717, 1.165) is 30.6 Å². The Morgan fingerprint density at radius 3 is 2.44 bits per heavy atom. The standard InChI is InChI=1S/C21H21FN4O/c1-14-4-6-16(7-5-14)13-26-21(27)15(2)12-18(24-26)17-8-9-19(23-20(17)22)25-10-3-11-25/h4-9,12H,3,10-11,13H2,1-2H3. The molecule has 4 rings (SSSR count). The number of rotatable bonds is 4. The minimum absolute atomic E-state index is 0.176. The molecule has 5 nitrogen and oxygen atoms in total. The van der Waals surface area contributed by atoms with Crippen molar-refractivity contribution in [2.75, 3.05) is 18.0 Å². The number of halogens is 1. The lowest BCUT2D eigenvalue weighted by Crippen LogP contribution is -2.37. The second-order valence-electron chi connectivity index (χ2n) is 7.01. The van der Waals surface area contributed by atoms with Crippen LogP contribution < -0.4 is 10.5 Å². The van der Waals surface area contributed by atoms with Crippen LogP contribution in [0.1, 0.15) is 23.1 Å². The van der Waals surface area contributed by atoms with Crippen LogP contribution in [0, 0.1) is 19.8 Å². The minimum Gasteiger partial charge on any atom is -0.356 e. The number of aromatic nitrogens is 3. The molecule has 0 radical (unpaired) electrons. The largest absolute Gasteiger partial charge is 0.356 e. The van der Waals surface area contributed by atoms with Gasteiger partial charge in [0, 0.05) is 18.7 Å². The lowest BCUT2D eigenvalue weighted by Gasteiger charge is -2.32. The summed E-state index contributed by atoms with van der Waals surface area (Å²) in [5.74, 6) is 0.0824. The van der Waals surface area contributed by atoms with Crippen LogP contribution in [-0.4, -0.2) is 27.9 Å². The smallest absolute Gasteiger partial charge is 0.270 e. The van der Waals surface area contributed by atoms with Crippen molar-refractivity contribution in [1.29, 1.82) is 0 Å². The van der Waals surface area contributed by atoms with E-state index in [0.29, 0.717) is 29.2 Å². The molecule has 1 aliphatic rings. The Bertz CT molecular complexity index is 1040. The highest BCUT2D eigenvalue weighted by atomic mass is 19.1. The molecule has 2 aromatic heterocycles. The van der Waals surface area contributed by atoms with Crippen LogP contribution in [0.25, 0.3) is 11.3 Å². The Labute approximate surface area is 157 Å². The number of anilines is 1. The summed E-state index contributed by atoms with van der Waals surface area (Å²) in [5.41, 5.74) is 3.19. The fourth-order valence-corrected chi connectivity index (χ4v) is 3.12. The van der Waals surface area contributed by atoms with Crippen molar-refractivity contribution in [2.24, 2.45) is 0 Å². The van der Waals surface area contributed by atoms with E-state index in [1.54, 1.807) is 19.1 Å². The molecule has 0 aliphatic carbocycles. The van der Waals surface area contributed by atoms with Crippen molar-refractivity contribution in [3.05, 3.63) is 75.5 Å². The molecule has 0 spiro atoms. The van der Waals surface area contributed by atoms with Crippen LogP contribution in [0.5, 0.6) is 0 Å². The highest BCUT2D eigenvalue weighted by Gasteiger charge is 2.19. The molecule has 0 saturated carbocycles. The molecule has 1 saturated heterocycles. The summed E-state index contributed by atoms with van der Waals surface area (Å²) >= 11 is 0. The zero-order chi connectivity index (χ0) is 19.0. The number of aryl methyl sites for hydroxylation is 2. The SMILES string of the molecule is Cc1ccc(Cn2nc(-c3ccc(N4CCC4)nc3F)cc(C)c2=O)cc1. The van der Waals surface area contributed by atoms with Crippen molar-refractivity contribution in [1.82, 2.24) is 14.8 Å². The monoisotopic (exact) mass is 364 g/mol. The van der Waals surface area contributed by atoms with Crippen LogP contribution in [0.3, 0.4) is 0 Å². The lowest BCUT2D eigenvalue weighted by atomic mass is 10.1. The van der Waals surface area contributed by atoms with Gasteiger partial charge in [-0.1, -0.05) is 29.8 Å². The van der Waals surface area contributed by atoms with E-state index in [1.807, 2.05) is 42.2 Å². The van der Waals surface area contributed by atoms with Gasteiger partial charge in [0.05, 0.1) is 17.8 Å². The van der Waals surface area contributed by atoms with E-state index in [4.69, 9.17) is 0 Å².